The van der Waals surface area contributed by atoms with E-state index in [-0.39, 0.29) is 11.8 Å². The van der Waals surface area contributed by atoms with Crippen LogP contribution in [0.3, 0.4) is 0 Å². The number of esters is 1. The number of ether oxygens (including phenoxy) is 1. The molecule has 0 amide bonds. The molecule has 0 saturated heterocycles. The molecule has 1 unspecified atom stereocenters. The highest BCUT2D eigenvalue weighted by Crippen LogP contribution is 2.44. The summed E-state index contributed by atoms with van der Waals surface area (Å²) in [4.78, 5) is 11.0. The van der Waals surface area contributed by atoms with Gasteiger partial charge >= 0.3 is 5.97 Å². The second-order valence-electron chi connectivity index (χ2n) is 3.80. The minimum Gasteiger partial charge on any atom is -0.507 e. The van der Waals surface area contributed by atoms with E-state index in [1.807, 2.05) is 0 Å². The van der Waals surface area contributed by atoms with Gasteiger partial charge in [0.05, 0.1) is 0 Å². The Bertz CT molecular complexity index is 453. The van der Waals surface area contributed by atoms with Crippen molar-refractivity contribution in [3.8, 4) is 11.5 Å². The molecule has 3 N–H and O–H groups in total. The molecule has 1 aliphatic carbocycles. The molecule has 72 valence electrons. The van der Waals surface area contributed by atoms with Gasteiger partial charge in [-0.3, -0.25) is 0 Å². The summed E-state index contributed by atoms with van der Waals surface area (Å²) in [6.07, 6.45) is 1.47. The predicted molar refractivity (Wildman–Crippen MR) is 48.4 cm³/mol. The Morgan fingerprint density at radius 2 is 2.29 bits per heavy atom. The quantitative estimate of drug-likeness (QED) is 0.580. The maximum atomic E-state index is 11.0. The molecule has 0 aromatic heterocycles. The van der Waals surface area contributed by atoms with Crippen molar-refractivity contribution in [1.82, 2.24) is 0 Å². The number of hydrogen-bond donors (Lipinski definition) is 2. The highest BCUT2D eigenvalue weighted by atomic mass is 16.6. The molecule has 4 nitrogen and oxygen atoms in total. The lowest BCUT2D eigenvalue weighted by Crippen LogP contribution is -2.23. The number of aromatic hydroxyl groups is 1. The molecule has 4 heteroatoms. The van der Waals surface area contributed by atoms with Crippen LogP contribution in [0.2, 0.25) is 0 Å². The molecule has 14 heavy (non-hydrogen) atoms. The molecule has 0 saturated carbocycles. The highest BCUT2D eigenvalue weighted by molar-refractivity contribution is 6.04. The zero-order chi connectivity index (χ0) is 9.87. The third-order valence-corrected chi connectivity index (χ3v) is 2.80. The van der Waals surface area contributed by atoms with Crippen LogP contribution in [0.15, 0.2) is 6.07 Å². The monoisotopic (exact) mass is 191 g/mol. The van der Waals surface area contributed by atoms with Crippen molar-refractivity contribution in [2.24, 2.45) is 5.73 Å². The lowest BCUT2D eigenvalue weighted by molar-refractivity contribution is 0.0650. The van der Waals surface area contributed by atoms with Crippen LogP contribution in [-0.2, 0) is 12.8 Å². The Balaban J connectivity index is 2.24. The number of fused-ring (bicyclic) bond motifs is 3. The summed E-state index contributed by atoms with van der Waals surface area (Å²) >= 11 is 0. The maximum absolute atomic E-state index is 11.0. The van der Waals surface area contributed by atoms with Crippen molar-refractivity contribution in [1.29, 1.82) is 0 Å². The summed E-state index contributed by atoms with van der Waals surface area (Å²) in [5.41, 5.74) is 8.10. The first-order valence-corrected chi connectivity index (χ1v) is 4.52. The largest absolute Gasteiger partial charge is 0.507 e. The van der Waals surface area contributed by atoms with Crippen molar-refractivity contribution in [3.05, 3.63) is 22.8 Å². The fourth-order valence-corrected chi connectivity index (χ4v) is 2.17. The van der Waals surface area contributed by atoms with E-state index in [1.54, 1.807) is 6.07 Å². The van der Waals surface area contributed by atoms with E-state index in [9.17, 15) is 9.90 Å². The number of nitrogens with two attached hydrogens (primary N) is 1. The molecule has 1 heterocycles. The molecule has 2 aliphatic rings. The smallest absolute Gasteiger partial charge is 0.351 e. The molecule has 0 fully saturated rings. The summed E-state index contributed by atoms with van der Waals surface area (Å²) in [6, 6.07) is 1.71. The van der Waals surface area contributed by atoms with Crippen molar-refractivity contribution < 1.29 is 14.6 Å². The van der Waals surface area contributed by atoms with Crippen LogP contribution in [-0.4, -0.2) is 17.1 Å². The van der Waals surface area contributed by atoms with Gasteiger partial charge in [0.2, 0.25) is 0 Å². The summed E-state index contributed by atoms with van der Waals surface area (Å²) in [5, 5.41) is 9.53. The summed E-state index contributed by atoms with van der Waals surface area (Å²) in [5.74, 6) is 0.114. The third kappa shape index (κ3) is 0.786. The average Bonchev–Trinajstić information content (AvgIpc) is 2.41. The van der Waals surface area contributed by atoms with Gasteiger partial charge in [-0.2, -0.15) is 0 Å². The molecule has 3 rings (SSSR count). The predicted octanol–water partition coefficient (Wildman–Crippen LogP) is 0.351. The fourth-order valence-electron chi connectivity index (χ4n) is 2.17. The Kier molecular flexibility index (Phi) is 1.27. The van der Waals surface area contributed by atoms with E-state index >= 15 is 0 Å². The van der Waals surface area contributed by atoms with Crippen LogP contribution in [0.25, 0.3) is 0 Å². The van der Waals surface area contributed by atoms with Crippen molar-refractivity contribution in [2.45, 2.75) is 18.9 Å². The van der Waals surface area contributed by atoms with E-state index in [4.69, 9.17) is 10.5 Å². The van der Waals surface area contributed by atoms with Crippen LogP contribution in [0, 0.1) is 0 Å². The maximum Gasteiger partial charge on any atom is 0.351 e. The lowest BCUT2D eigenvalue weighted by atomic mass is 10.00. The topological polar surface area (TPSA) is 72.6 Å². The Hall–Kier alpha value is -1.55. The first kappa shape index (κ1) is 7.82. The second kappa shape index (κ2) is 2.27. The van der Waals surface area contributed by atoms with Gasteiger partial charge in [-0.05, 0) is 24.5 Å². The molecule has 1 aromatic rings. The normalized spacial score (nSPS) is 22.4. The number of hydrogen-bond acceptors (Lipinski definition) is 4. The Labute approximate surface area is 80.3 Å². The van der Waals surface area contributed by atoms with E-state index in [0.717, 1.165) is 24.0 Å². The molecular weight excluding hydrogens is 182 g/mol. The average molecular weight is 191 g/mol. The SMILES string of the molecule is NC1Cc2cc(O)c3c(c2C1)OC3=O. The van der Waals surface area contributed by atoms with E-state index < -0.39 is 5.97 Å². The molecule has 0 spiro atoms. The van der Waals surface area contributed by atoms with Crippen molar-refractivity contribution in [2.75, 3.05) is 0 Å². The second-order valence-corrected chi connectivity index (χ2v) is 3.80. The number of phenols is 1. The standard InChI is InChI=1S/C10H9NO3/c11-5-1-4-2-7(12)8-9(6(4)3-5)14-10(8)13/h2,5,12H,1,3,11H2. The van der Waals surface area contributed by atoms with Gasteiger partial charge in [-0.15, -0.1) is 0 Å². The zero-order valence-electron chi connectivity index (χ0n) is 7.41. The van der Waals surface area contributed by atoms with E-state index in [2.05, 4.69) is 0 Å². The zero-order valence-corrected chi connectivity index (χ0v) is 7.41. The van der Waals surface area contributed by atoms with Gasteiger partial charge in [-0.1, -0.05) is 0 Å². The van der Waals surface area contributed by atoms with Crippen LogP contribution < -0.4 is 10.5 Å². The molecule has 1 aromatic carbocycles. The molecule has 1 aliphatic heterocycles. The number of rotatable bonds is 0. The van der Waals surface area contributed by atoms with Gasteiger partial charge in [0.1, 0.15) is 11.3 Å². The van der Waals surface area contributed by atoms with Crippen LogP contribution in [0.5, 0.6) is 11.5 Å². The number of carbonyl (C=O) groups excluding carboxylic acids is 1. The van der Waals surface area contributed by atoms with Gasteiger partial charge in [0, 0.05) is 11.6 Å². The first-order chi connectivity index (χ1) is 6.66. The van der Waals surface area contributed by atoms with Gasteiger partial charge in [0.25, 0.3) is 0 Å². The Morgan fingerprint density at radius 3 is 3.00 bits per heavy atom. The lowest BCUT2D eigenvalue weighted by Gasteiger charge is -2.21. The van der Waals surface area contributed by atoms with Crippen molar-refractivity contribution >= 4 is 5.97 Å². The number of carbonyl (C=O) groups is 1. The van der Waals surface area contributed by atoms with Crippen LogP contribution >= 0.6 is 0 Å². The van der Waals surface area contributed by atoms with Gasteiger partial charge < -0.3 is 15.6 Å². The third-order valence-electron chi connectivity index (χ3n) is 2.80. The molecule has 1 atom stereocenters. The number of benzene rings is 1. The van der Waals surface area contributed by atoms with Crippen molar-refractivity contribution in [3.63, 3.8) is 0 Å². The minimum atomic E-state index is -0.444. The van der Waals surface area contributed by atoms with Crippen LogP contribution in [0.1, 0.15) is 21.5 Å². The van der Waals surface area contributed by atoms with E-state index in [0.29, 0.717) is 11.3 Å². The van der Waals surface area contributed by atoms with E-state index in [1.165, 1.54) is 0 Å². The Morgan fingerprint density at radius 1 is 1.50 bits per heavy atom. The summed E-state index contributed by atoms with van der Waals surface area (Å²) in [6.45, 7) is 0. The fraction of sp³-hybridized carbons (Fsp3) is 0.300. The molecule has 0 radical (unpaired) electrons. The van der Waals surface area contributed by atoms with Gasteiger partial charge in [-0.25, -0.2) is 4.79 Å². The first-order valence-electron chi connectivity index (χ1n) is 4.52. The highest BCUT2D eigenvalue weighted by Gasteiger charge is 2.37. The molecule has 0 bridgehead atoms. The molecular formula is C10H9NO3. The van der Waals surface area contributed by atoms with Crippen LogP contribution in [0.4, 0.5) is 0 Å². The minimum absolute atomic E-state index is 0.0177. The summed E-state index contributed by atoms with van der Waals surface area (Å²) < 4.78 is 4.90. The number of phenolic OH excluding ortho intramolecular Hbond substituents is 1. The summed E-state index contributed by atoms with van der Waals surface area (Å²) in [7, 11) is 0. The van der Waals surface area contributed by atoms with Gasteiger partial charge in [0.15, 0.2) is 5.75 Å².